The second kappa shape index (κ2) is 10.4. The number of hydrogen-bond acceptors (Lipinski definition) is 6. The molecule has 4 rings (SSSR count). The summed E-state index contributed by atoms with van der Waals surface area (Å²) in [5.74, 6) is -9.13. The third-order valence-electron chi connectivity index (χ3n) is 4.88. The summed E-state index contributed by atoms with van der Waals surface area (Å²) in [6.07, 6.45) is 2.05. The van der Waals surface area contributed by atoms with Gasteiger partial charge < -0.3 is 15.5 Å². The van der Waals surface area contributed by atoms with Gasteiger partial charge in [-0.2, -0.15) is 15.0 Å². The van der Waals surface area contributed by atoms with Crippen LogP contribution in [-0.4, -0.2) is 29.0 Å². The number of nitrogens with zero attached hydrogens (tertiary/aromatic N) is 4. The number of para-hydroxylation sites is 1. The van der Waals surface area contributed by atoms with Gasteiger partial charge in [-0.05, 0) is 35.9 Å². The Morgan fingerprint density at radius 1 is 0.639 bits per heavy atom. The molecule has 0 fully saturated rings. The minimum atomic E-state index is -2.20. The highest BCUT2D eigenvalue weighted by atomic mass is 19.2. The first kappa shape index (κ1) is 24.6. The van der Waals surface area contributed by atoms with Gasteiger partial charge in [0.1, 0.15) is 0 Å². The molecule has 0 bridgehead atoms. The molecule has 6 nitrogen and oxygen atoms in total. The molecule has 0 aliphatic rings. The molecule has 0 aliphatic carbocycles. The monoisotopic (exact) mass is 498 g/mol. The summed E-state index contributed by atoms with van der Waals surface area (Å²) in [5, 5.41) is 6.13. The molecular weight excluding hydrogens is 479 g/mol. The van der Waals surface area contributed by atoms with Crippen LogP contribution >= 0.6 is 0 Å². The van der Waals surface area contributed by atoms with Gasteiger partial charge in [0.25, 0.3) is 0 Å². The highest BCUT2D eigenvalue weighted by Crippen LogP contribution is 2.26. The Morgan fingerprint density at radius 3 is 1.81 bits per heavy atom. The third-order valence-corrected chi connectivity index (χ3v) is 4.88. The molecule has 184 valence electrons. The van der Waals surface area contributed by atoms with E-state index in [1.54, 1.807) is 43.3 Å². The summed E-state index contributed by atoms with van der Waals surface area (Å²) >= 11 is 0. The predicted octanol–water partition coefficient (Wildman–Crippen LogP) is 6.29. The van der Waals surface area contributed by atoms with Crippen molar-refractivity contribution < 1.29 is 22.0 Å². The van der Waals surface area contributed by atoms with Crippen LogP contribution in [0.3, 0.4) is 0 Å². The van der Waals surface area contributed by atoms with Crippen molar-refractivity contribution in [3.63, 3.8) is 0 Å². The van der Waals surface area contributed by atoms with E-state index in [0.717, 1.165) is 11.8 Å². The van der Waals surface area contributed by atoms with Crippen LogP contribution in [0.5, 0.6) is 0 Å². The van der Waals surface area contributed by atoms with Crippen molar-refractivity contribution in [2.45, 2.75) is 0 Å². The van der Waals surface area contributed by atoms with Gasteiger partial charge in [-0.15, -0.1) is 0 Å². The van der Waals surface area contributed by atoms with Gasteiger partial charge >= 0.3 is 0 Å². The minimum absolute atomic E-state index is 0.216. The lowest BCUT2D eigenvalue weighted by molar-refractivity contribution is 0.377. The maximum atomic E-state index is 14.0. The summed E-state index contributed by atoms with van der Waals surface area (Å²) < 4.78 is 68.1. The first-order valence-electron chi connectivity index (χ1n) is 10.5. The first-order chi connectivity index (χ1) is 17.2. The Morgan fingerprint density at radius 2 is 1.19 bits per heavy atom. The van der Waals surface area contributed by atoms with Crippen LogP contribution < -0.4 is 15.5 Å². The fraction of sp³-hybridized carbons (Fsp3) is 0.0800. The summed E-state index contributed by atoms with van der Waals surface area (Å²) in [6, 6.07) is 15.8. The summed E-state index contributed by atoms with van der Waals surface area (Å²) in [4.78, 5) is 14.8. The highest BCUT2D eigenvalue weighted by Gasteiger charge is 2.24. The van der Waals surface area contributed by atoms with Gasteiger partial charge in [0.05, 0.1) is 5.56 Å². The molecular formula is C25H19F5N6. The normalized spacial score (nSPS) is 11.1. The molecule has 11 heteroatoms. The van der Waals surface area contributed by atoms with Crippen LogP contribution in [0.1, 0.15) is 11.1 Å². The van der Waals surface area contributed by atoms with E-state index in [9.17, 15) is 22.0 Å². The van der Waals surface area contributed by atoms with E-state index >= 15 is 0 Å². The Kier molecular flexibility index (Phi) is 7.09. The molecule has 0 aliphatic heterocycles. The van der Waals surface area contributed by atoms with Crippen LogP contribution in [0.2, 0.25) is 0 Å². The van der Waals surface area contributed by atoms with Gasteiger partial charge in [-0.3, -0.25) is 0 Å². The first-order valence-corrected chi connectivity index (χ1v) is 10.5. The number of hydrogen-bond donors (Lipinski definition) is 2. The molecule has 0 amide bonds. The zero-order valence-corrected chi connectivity index (χ0v) is 19.0. The fourth-order valence-corrected chi connectivity index (χ4v) is 3.12. The Balaban J connectivity index is 1.60. The quantitative estimate of drug-likeness (QED) is 0.135. The summed E-state index contributed by atoms with van der Waals surface area (Å²) in [5.41, 5.74) is 0.679. The molecule has 36 heavy (non-hydrogen) atoms. The number of aromatic nitrogens is 3. The Labute approximate surface area is 203 Å². The average molecular weight is 498 g/mol. The highest BCUT2D eigenvalue weighted by molar-refractivity contribution is 5.72. The molecule has 2 N–H and O–H groups in total. The van der Waals surface area contributed by atoms with E-state index in [2.05, 4.69) is 25.6 Å². The van der Waals surface area contributed by atoms with E-state index in [1.165, 1.54) is 6.08 Å². The molecule has 0 saturated carbocycles. The summed E-state index contributed by atoms with van der Waals surface area (Å²) in [7, 11) is 3.55. The topological polar surface area (TPSA) is 66.0 Å². The van der Waals surface area contributed by atoms with Crippen molar-refractivity contribution >= 4 is 41.4 Å². The number of rotatable bonds is 7. The number of halogens is 5. The molecule has 0 saturated heterocycles. The second-order valence-electron chi connectivity index (χ2n) is 7.74. The Hall–Kier alpha value is -4.54. The molecule has 0 radical (unpaired) electrons. The molecule has 1 aromatic heterocycles. The fourth-order valence-electron chi connectivity index (χ4n) is 3.12. The SMILES string of the molecule is CN(C)c1nc(Nc2ccccc2)nc(Nc2cccc(/C=C/c3c(F)c(F)c(F)c(F)c3F)c2)n1. The zero-order chi connectivity index (χ0) is 25.8. The van der Waals surface area contributed by atoms with Gasteiger partial charge in [0.15, 0.2) is 23.3 Å². The lowest BCUT2D eigenvalue weighted by atomic mass is 10.1. The maximum Gasteiger partial charge on any atom is 0.233 e. The average Bonchev–Trinajstić information content (AvgIpc) is 2.87. The molecule has 0 unspecified atom stereocenters. The number of nitrogens with one attached hydrogen (secondary N) is 2. The third kappa shape index (κ3) is 5.40. The molecule has 3 aromatic carbocycles. The molecule has 1 heterocycles. The van der Waals surface area contributed by atoms with Crippen LogP contribution in [0.15, 0.2) is 54.6 Å². The Bertz CT molecular complexity index is 1400. The standard InChI is InChI=1S/C25H19F5N6/c1-36(2)25-34-23(31-15-8-4-3-5-9-15)33-24(35-25)32-16-10-6-7-14(13-16)11-12-17-18(26)20(28)22(30)21(29)19(17)27/h3-13H,1-2H3,(H2,31,32,33,34,35)/b12-11+. The van der Waals surface area contributed by atoms with E-state index in [4.69, 9.17) is 0 Å². The summed E-state index contributed by atoms with van der Waals surface area (Å²) in [6.45, 7) is 0. The molecule has 4 aromatic rings. The van der Waals surface area contributed by atoms with Gasteiger partial charge in [0.2, 0.25) is 23.7 Å². The van der Waals surface area contributed by atoms with E-state index in [0.29, 0.717) is 23.1 Å². The van der Waals surface area contributed by atoms with E-state index in [-0.39, 0.29) is 5.95 Å². The van der Waals surface area contributed by atoms with Crippen molar-refractivity contribution in [2.24, 2.45) is 0 Å². The van der Waals surface area contributed by atoms with Crippen LogP contribution in [0.25, 0.3) is 12.2 Å². The number of anilines is 5. The largest absolute Gasteiger partial charge is 0.347 e. The molecule has 0 spiro atoms. The van der Waals surface area contributed by atoms with E-state index < -0.39 is 34.6 Å². The zero-order valence-electron chi connectivity index (χ0n) is 19.0. The van der Waals surface area contributed by atoms with Crippen molar-refractivity contribution in [2.75, 3.05) is 29.6 Å². The van der Waals surface area contributed by atoms with E-state index in [1.807, 2.05) is 30.3 Å². The smallest absolute Gasteiger partial charge is 0.233 e. The van der Waals surface area contributed by atoms with Gasteiger partial charge in [-0.25, -0.2) is 22.0 Å². The number of benzene rings is 3. The minimum Gasteiger partial charge on any atom is -0.347 e. The maximum absolute atomic E-state index is 14.0. The van der Waals surface area contributed by atoms with Gasteiger partial charge in [-0.1, -0.05) is 36.4 Å². The molecule has 0 atom stereocenters. The predicted molar refractivity (Wildman–Crippen MR) is 129 cm³/mol. The van der Waals surface area contributed by atoms with Crippen molar-refractivity contribution in [1.29, 1.82) is 0 Å². The van der Waals surface area contributed by atoms with Gasteiger partial charge in [0, 0.05) is 25.5 Å². The van der Waals surface area contributed by atoms with Crippen LogP contribution in [0, 0.1) is 29.1 Å². The lowest BCUT2D eigenvalue weighted by Crippen LogP contribution is -2.15. The second-order valence-corrected chi connectivity index (χ2v) is 7.74. The van der Waals surface area contributed by atoms with Crippen LogP contribution in [0.4, 0.5) is 51.2 Å². The van der Waals surface area contributed by atoms with Crippen LogP contribution in [-0.2, 0) is 0 Å². The lowest BCUT2D eigenvalue weighted by Gasteiger charge is -2.14. The van der Waals surface area contributed by atoms with Crippen molar-refractivity contribution in [3.05, 3.63) is 94.8 Å². The van der Waals surface area contributed by atoms with Crippen molar-refractivity contribution in [3.8, 4) is 0 Å². The van der Waals surface area contributed by atoms with Crippen molar-refractivity contribution in [1.82, 2.24) is 15.0 Å².